The first kappa shape index (κ1) is 40.5. The lowest BCUT2D eigenvalue weighted by molar-refractivity contribution is -0.385. The lowest BCUT2D eigenvalue weighted by Crippen LogP contribution is -2.49. The van der Waals surface area contributed by atoms with E-state index in [0.29, 0.717) is 86.0 Å². The number of benzene rings is 4. The number of piperazine rings is 2. The Morgan fingerprint density at radius 2 is 0.933 bits per heavy atom. The molecule has 0 aromatic heterocycles. The van der Waals surface area contributed by atoms with Crippen LogP contribution in [-0.4, -0.2) is 89.6 Å². The van der Waals surface area contributed by atoms with E-state index in [1.165, 1.54) is 36.4 Å². The van der Waals surface area contributed by atoms with Crippen molar-refractivity contribution in [2.75, 3.05) is 62.2 Å². The van der Waals surface area contributed by atoms with Crippen molar-refractivity contribution in [1.29, 1.82) is 0 Å². The lowest BCUT2D eigenvalue weighted by Gasteiger charge is -2.36. The van der Waals surface area contributed by atoms with Gasteiger partial charge in [0.25, 0.3) is 23.2 Å². The minimum atomic E-state index is -0.687. The SMILES string of the molecule is CC(C(=O)C(C)c1ccc(N2CCN(C(=O)c3cc([N+](=O)[O-])ccc3C3CC3)CC2)c(F)c1)c1ccc(N2CCN(C(=O)c3cc([N+](=O)[O-])ccc3C3CC3)CC2)c(F)c1. The maximum atomic E-state index is 15.7. The number of nitro benzene ring substituents is 2. The lowest BCUT2D eigenvalue weighted by atomic mass is 9.85. The molecule has 2 amide bonds. The van der Waals surface area contributed by atoms with E-state index < -0.39 is 33.3 Å². The summed E-state index contributed by atoms with van der Waals surface area (Å²) in [5, 5.41) is 22.9. The van der Waals surface area contributed by atoms with Gasteiger partial charge in [0, 0.05) is 99.6 Å². The summed E-state index contributed by atoms with van der Waals surface area (Å²) < 4.78 is 31.4. The molecule has 13 nitrogen and oxygen atoms in total. The van der Waals surface area contributed by atoms with Crippen LogP contribution in [0.1, 0.15) is 106 Å². The van der Waals surface area contributed by atoms with E-state index in [9.17, 15) is 34.6 Å². The van der Waals surface area contributed by atoms with Gasteiger partial charge in [-0.1, -0.05) is 38.1 Å². The summed E-state index contributed by atoms with van der Waals surface area (Å²) in [5.74, 6) is -2.64. The van der Waals surface area contributed by atoms with Gasteiger partial charge in [-0.15, -0.1) is 0 Å². The van der Waals surface area contributed by atoms with Crippen molar-refractivity contribution in [3.05, 3.63) is 138 Å². The molecule has 2 unspecified atom stereocenters. The normalized spacial score (nSPS) is 17.9. The Labute approximate surface area is 345 Å². The quantitative estimate of drug-likeness (QED) is 0.103. The molecule has 2 saturated carbocycles. The Kier molecular flexibility index (Phi) is 11.1. The third-order valence-corrected chi connectivity index (χ3v) is 12.6. The third-order valence-electron chi connectivity index (χ3n) is 12.6. The van der Waals surface area contributed by atoms with Gasteiger partial charge >= 0.3 is 0 Å². The molecule has 2 aliphatic carbocycles. The van der Waals surface area contributed by atoms with Gasteiger partial charge in [0.1, 0.15) is 17.4 Å². The van der Waals surface area contributed by atoms with E-state index in [4.69, 9.17) is 0 Å². The standard InChI is InChI=1S/C45H46F2N6O7/c1-27(31-7-13-41(39(46)23-31)48-15-19-50(20-16-48)44(55)37-25-33(52(57)58)9-11-35(37)29-3-4-29)43(54)28(2)32-8-14-42(40(47)24-32)49-17-21-51(22-18-49)45(56)38-26-34(53(59)60)10-12-36(38)30-5-6-30/h7-14,23-30H,3-6,15-22H2,1-2H3. The summed E-state index contributed by atoms with van der Waals surface area (Å²) in [4.78, 5) is 69.6. The van der Waals surface area contributed by atoms with E-state index in [2.05, 4.69) is 0 Å². The maximum absolute atomic E-state index is 15.7. The number of halogens is 2. The van der Waals surface area contributed by atoms with E-state index in [1.807, 2.05) is 9.80 Å². The van der Waals surface area contributed by atoms with Gasteiger partial charge in [0.2, 0.25) is 0 Å². The van der Waals surface area contributed by atoms with E-state index >= 15 is 8.78 Å². The number of anilines is 2. The van der Waals surface area contributed by atoms with E-state index in [0.717, 1.165) is 36.8 Å². The van der Waals surface area contributed by atoms with Crippen molar-refractivity contribution < 1.29 is 33.0 Å². The number of Topliss-reactive ketones (excluding diaryl/α,β-unsaturated/α-hetero) is 1. The topological polar surface area (TPSA) is 150 Å². The summed E-state index contributed by atoms with van der Waals surface area (Å²) in [5.41, 5.74) is 3.80. The Morgan fingerprint density at radius 3 is 1.25 bits per heavy atom. The monoisotopic (exact) mass is 820 g/mol. The number of ketones is 1. The molecule has 4 aliphatic rings. The van der Waals surface area contributed by atoms with Gasteiger partial charge in [0.15, 0.2) is 0 Å². The number of hydrogen-bond acceptors (Lipinski definition) is 9. The zero-order valence-electron chi connectivity index (χ0n) is 33.5. The smallest absolute Gasteiger partial charge is 0.270 e. The van der Waals surface area contributed by atoms with Crippen LogP contribution in [0.15, 0.2) is 72.8 Å². The molecule has 0 radical (unpaired) electrons. The number of carbonyl (C=O) groups excluding carboxylic acids is 3. The minimum Gasteiger partial charge on any atom is -0.366 e. The molecule has 8 rings (SSSR count). The van der Waals surface area contributed by atoms with Crippen molar-refractivity contribution in [3.63, 3.8) is 0 Å². The predicted octanol–water partition coefficient (Wildman–Crippen LogP) is 7.94. The Morgan fingerprint density at radius 1 is 0.567 bits per heavy atom. The van der Waals surface area contributed by atoms with Crippen LogP contribution in [0.5, 0.6) is 0 Å². The van der Waals surface area contributed by atoms with Crippen LogP contribution in [0.25, 0.3) is 0 Å². The number of hydrogen-bond donors (Lipinski definition) is 0. The molecule has 0 bridgehead atoms. The number of amides is 2. The molecule has 312 valence electrons. The molecule has 4 aromatic carbocycles. The highest BCUT2D eigenvalue weighted by molar-refractivity contribution is 5.98. The van der Waals surface area contributed by atoms with Gasteiger partial charge in [-0.05, 0) is 84.0 Å². The first-order chi connectivity index (χ1) is 28.8. The average Bonchev–Trinajstić information content (AvgIpc) is 4.20. The highest BCUT2D eigenvalue weighted by atomic mass is 19.1. The molecule has 2 aliphatic heterocycles. The number of nitrogens with zero attached hydrogens (tertiary/aromatic N) is 6. The molecule has 15 heteroatoms. The van der Waals surface area contributed by atoms with E-state index in [1.54, 1.807) is 60.0 Å². The van der Waals surface area contributed by atoms with Crippen LogP contribution in [0.2, 0.25) is 0 Å². The summed E-state index contributed by atoms with van der Waals surface area (Å²) in [7, 11) is 0. The largest absolute Gasteiger partial charge is 0.366 e. The molecular formula is C45H46F2N6O7. The second-order valence-corrected chi connectivity index (χ2v) is 16.4. The fraction of sp³-hybridized carbons (Fsp3) is 0.400. The van der Waals surface area contributed by atoms with Crippen molar-refractivity contribution in [1.82, 2.24) is 9.80 Å². The summed E-state index contributed by atoms with van der Waals surface area (Å²) in [6.45, 7) is 6.10. The summed E-state index contributed by atoms with van der Waals surface area (Å²) in [6, 6.07) is 18.4. The third kappa shape index (κ3) is 8.17. The Hall–Kier alpha value is -6.25. The predicted molar refractivity (Wildman–Crippen MR) is 221 cm³/mol. The summed E-state index contributed by atoms with van der Waals surface area (Å²) in [6.07, 6.45) is 3.77. The Balaban J connectivity index is 0.866. The van der Waals surface area contributed by atoms with Crippen molar-refractivity contribution >= 4 is 40.3 Å². The van der Waals surface area contributed by atoms with Crippen molar-refractivity contribution in [2.45, 2.75) is 63.2 Å². The van der Waals surface area contributed by atoms with Crippen LogP contribution in [-0.2, 0) is 4.79 Å². The molecule has 4 fully saturated rings. The van der Waals surface area contributed by atoms with Gasteiger partial charge in [0.05, 0.1) is 21.2 Å². The fourth-order valence-corrected chi connectivity index (χ4v) is 8.63. The van der Waals surface area contributed by atoms with Crippen LogP contribution < -0.4 is 9.80 Å². The second-order valence-electron chi connectivity index (χ2n) is 16.4. The first-order valence-corrected chi connectivity index (χ1v) is 20.6. The number of rotatable bonds is 12. The number of carbonyl (C=O) groups is 3. The highest BCUT2D eigenvalue weighted by Crippen LogP contribution is 2.44. The molecule has 2 atom stereocenters. The van der Waals surface area contributed by atoms with Crippen LogP contribution in [0, 0.1) is 31.9 Å². The minimum absolute atomic E-state index is 0.126. The van der Waals surface area contributed by atoms with Crippen LogP contribution in [0.3, 0.4) is 0 Å². The van der Waals surface area contributed by atoms with Gasteiger partial charge in [-0.25, -0.2) is 8.78 Å². The molecule has 0 spiro atoms. The first-order valence-electron chi connectivity index (χ1n) is 20.6. The molecule has 2 saturated heterocycles. The molecule has 2 heterocycles. The number of non-ortho nitro benzene ring substituents is 2. The van der Waals surface area contributed by atoms with Gasteiger partial charge in [-0.2, -0.15) is 0 Å². The zero-order chi connectivity index (χ0) is 42.4. The maximum Gasteiger partial charge on any atom is 0.270 e. The van der Waals surface area contributed by atoms with Crippen molar-refractivity contribution in [3.8, 4) is 0 Å². The van der Waals surface area contributed by atoms with Gasteiger partial charge in [-0.3, -0.25) is 34.6 Å². The Bertz CT molecular complexity index is 2220. The van der Waals surface area contributed by atoms with Crippen LogP contribution in [0.4, 0.5) is 31.5 Å². The van der Waals surface area contributed by atoms with Crippen molar-refractivity contribution in [2.24, 2.45) is 0 Å². The fourth-order valence-electron chi connectivity index (χ4n) is 8.63. The highest BCUT2D eigenvalue weighted by Gasteiger charge is 2.35. The van der Waals surface area contributed by atoms with Gasteiger partial charge < -0.3 is 19.6 Å². The van der Waals surface area contributed by atoms with E-state index in [-0.39, 0.29) is 40.8 Å². The molecule has 0 N–H and O–H groups in total. The molecule has 60 heavy (non-hydrogen) atoms. The average molecular weight is 821 g/mol. The zero-order valence-corrected chi connectivity index (χ0v) is 33.5. The number of nitro groups is 2. The summed E-state index contributed by atoms with van der Waals surface area (Å²) >= 11 is 0. The molecular weight excluding hydrogens is 775 g/mol. The van der Waals surface area contributed by atoms with Crippen LogP contribution >= 0.6 is 0 Å². The second kappa shape index (κ2) is 16.4. The molecule has 4 aromatic rings.